The largest absolute Gasteiger partial charge is 0.481 e. The van der Waals surface area contributed by atoms with Gasteiger partial charge in [0.1, 0.15) is 5.82 Å². The molecule has 2 N–H and O–H groups in total. The molecule has 0 aromatic heterocycles. The number of hydrogen-bond acceptors (Lipinski definition) is 2. The highest BCUT2D eigenvalue weighted by molar-refractivity contribution is 5.66. The average Bonchev–Trinajstić information content (AvgIpc) is 2.67. The number of carboxylic acids is 2. The molecule has 1 aromatic carbocycles. The van der Waals surface area contributed by atoms with Crippen LogP contribution in [0.3, 0.4) is 0 Å². The molecular formula is C24H37FO4. The Balaban J connectivity index is 2.20. The zero-order valence-electron chi connectivity index (χ0n) is 17.6. The van der Waals surface area contributed by atoms with Crippen molar-refractivity contribution in [1.82, 2.24) is 0 Å². The summed E-state index contributed by atoms with van der Waals surface area (Å²) < 4.78 is 14.3. The standard InChI is InChI=1S/C24H37FO4/c25-22-17-13-15-20(14-9-5-1-3-7-11-18-23(26)27)21(22)16-10-6-2-4-8-12-19-24(28)29/h13,15,17H,1-12,14,16,18-19H2,(H,26,27)(H,28,29). The van der Waals surface area contributed by atoms with Crippen LogP contribution in [0.2, 0.25) is 0 Å². The van der Waals surface area contributed by atoms with Gasteiger partial charge < -0.3 is 10.2 Å². The molecule has 5 heteroatoms. The maximum absolute atomic E-state index is 14.3. The minimum absolute atomic E-state index is 0.0994. The molecule has 0 heterocycles. The Morgan fingerprint density at radius 2 is 1.10 bits per heavy atom. The third-order valence-corrected chi connectivity index (χ3v) is 5.37. The van der Waals surface area contributed by atoms with Crippen molar-refractivity contribution >= 4 is 11.9 Å². The normalized spacial score (nSPS) is 10.9. The molecule has 0 radical (unpaired) electrons. The van der Waals surface area contributed by atoms with E-state index < -0.39 is 11.9 Å². The molecule has 0 saturated heterocycles. The number of aryl methyl sites for hydroxylation is 1. The van der Waals surface area contributed by atoms with Crippen molar-refractivity contribution in [2.24, 2.45) is 0 Å². The molecule has 0 aliphatic carbocycles. The summed E-state index contributed by atoms with van der Waals surface area (Å²) in [5.74, 6) is -1.55. The molecule has 1 aromatic rings. The Hall–Kier alpha value is -1.91. The highest BCUT2D eigenvalue weighted by Crippen LogP contribution is 2.20. The zero-order valence-corrected chi connectivity index (χ0v) is 17.6. The van der Waals surface area contributed by atoms with Gasteiger partial charge in [-0.15, -0.1) is 0 Å². The van der Waals surface area contributed by atoms with Gasteiger partial charge >= 0.3 is 11.9 Å². The van der Waals surface area contributed by atoms with Crippen LogP contribution >= 0.6 is 0 Å². The van der Waals surface area contributed by atoms with Crippen molar-refractivity contribution in [2.75, 3.05) is 0 Å². The van der Waals surface area contributed by atoms with Crippen LogP contribution in [0.1, 0.15) is 101 Å². The molecule has 0 atom stereocenters. The Morgan fingerprint density at radius 3 is 1.62 bits per heavy atom. The molecule has 0 saturated carbocycles. The number of aliphatic carboxylic acids is 2. The molecule has 0 bridgehead atoms. The molecule has 4 nitrogen and oxygen atoms in total. The summed E-state index contributed by atoms with van der Waals surface area (Å²) >= 11 is 0. The van der Waals surface area contributed by atoms with E-state index in [4.69, 9.17) is 10.2 Å². The summed E-state index contributed by atoms with van der Waals surface area (Å²) in [6.45, 7) is 0. The second-order valence-corrected chi connectivity index (χ2v) is 7.91. The monoisotopic (exact) mass is 408 g/mol. The molecule has 1 rings (SSSR count). The highest BCUT2D eigenvalue weighted by Gasteiger charge is 2.08. The zero-order chi connectivity index (χ0) is 21.3. The van der Waals surface area contributed by atoms with Crippen LogP contribution < -0.4 is 0 Å². The van der Waals surface area contributed by atoms with E-state index in [0.717, 1.165) is 101 Å². The number of hydrogen-bond donors (Lipinski definition) is 2. The summed E-state index contributed by atoms with van der Waals surface area (Å²) in [6.07, 6.45) is 14.0. The molecule has 0 unspecified atom stereocenters. The Labute approximate surface area is 174 Å². The fourth-order valence-electron chi connectivity index (χ4n) is 3.70. The lowest BCUT2D eigenvalue weighted by atomic mass is 9.96. The van der Waals surface area contributed by atoms with Crippen LogP contribution in [0.4, 0.5) is 4.39 Å². The second-order valence-electron chi connectivity index (χ2n) is 7.91. The van der Waals surface area contributed by atoms with Gasteiger partial charge in [0.25, 0.3) is 0 Å². The highest BCUT2D eigenvalue weighted by atomic mass is 19.1. The minimum Gasteiger partial charge on any atom is -0.481 e. The first-order valence-electron chi connectivity index (χ1n) is 11.2. The molecule has 0 aliphatic heterocycles. The fraction of sp³-hybridized carbons (Fsp3) is 0.667. The quantitative estimate of drug-likeness (QED) is 0.270. The van der Waals surface area contributed by atoms with Gasteiger partial charge in [0.15, 0.2) is 0 Å². The molecule has 0 amide bonds. The van der Waals surface area contributed by atoms with E-state index >= 15 is 0 Å². The van der Waals surface area contributed by atoms with E-state index in [1.165, 1.54) is 0 Å². The number of carboxylic acid groups (broad SMARTS) is 2. The smallest absolute Gasteiger partial charge is 0.303 e. The third kappa shape index (κ3) is 13.0. The lowest BCUT2D eigenvalue weighted by Gasteiger charge is -2.11. The predicted molar refractivity (Wildman–Crippen MR) is 114 cm³/mol. The summed E-state index contributed by atoms with van der Waals surface area (Å²) in [5, 5.41) is 17.2. The maximum atomic E-state index is 14.3. The molecule has 0 fully saturated rings. The van der Waals surface area contributed by atoms with Crippen LogP contribution in [0, 0.1) is 5.82 Å². The van der Waals surface area contributed by atoms with Crippen LogP contribution in [0.5, 0.6) is 0 Å². The van der Waals surface area contributed by atoms with Gasteiger partial charge in [-0.05, 0) is 55.7 Å². The van der Waals surface area contributed by atoms with E-state index in [1.807, 2.05) is 6.07 Å². The third-order valence-electron chi connectivity index (χ3n) is 5.37. The lowest BCUT2D eigenvalue weighted by Crippen LogP contribution is -1.99. The first-order chi connectivity index (χ1) is 14.0. The summed E-state index contributed by atoms with van der Waals surface area (Å²) in [6, 6.07) is 5.38. The Kier molecular flexibility index (Phi) is 13.8. The fourth-order valence-corrected chi connectivity index (χ4v) is 3.70. The van der Waals surface area contributed by atoms with Crippen molar-refractivity contribution in [3.05, 3.63) is 35.1 Å². The van der Waals surface area contributed by atoms with Gasteiger partial charge in [0.05, 0.1) is 0 Å². The van der Waals surface area contributed by atoms with Crippen molar-refractivity contribution in [2.45, 2.75) is 103 Å². The van der Waals surface area contributed by atoms with Gasteiger partial charge in [-0.1, -0.05) is 63.5 Å². The van der Waals surface area contributed by atoms with Crippen molar-refractivity contribution in [1.29, 1.82) is 0 Å². The Morgan fingerprint density at radius 1 is 0.655 bits per heavy atom. The van der Waals surface area contributed by atoms with Crippen LogP contribution in [0.25, 0.3) is 0 Å². The van der Waals surface area contributed by atoms with Gasteiger partial charge in [0, 0.05) is 12.8 Å². The lowest BCUT2D eigenvalue weighted by molar-refractivity contribution is -0.138. The van der Waals surface area contributed by atoms with E-state index in [-0.39, 0.29) is 18.7 Å². The molecule has 0 aliphatic rings. The maximum Gasteiger partial charge on any atom is 0.303 e. The average molecular weight is 409 g/mol. The topological polar surface area (TPSA) is 74.6 Å². The number of carbonyl (C=O) groups is 2. The van der Waals surface area contributed by atoms with Crippen LogP contribution in [0.15, 0.2) is 18.2 Å². The molecular weight excluding hydrogens is 371 g/mol. The van der Waals surface area contributed by atoms with E-state index in [0.29, 0.717) is 0 Å². The molecule has 164 valence electrons. The van der Waals surface area contributed by atoms with Gasteiger partial charge in [0.2, 0.25) is 0 Å². The predicted octanol–water partition coefficient (Wildman–Crippen LogP) is 6.54. The summed E-state index contributed by atoms with van der Waals surface area (Å²) in [4.78, 5) is 21.0. The van der Waals surface area contributed by atoms with Crippen molar-refractivity contribution in [3.63, 3.8) is 0 Å². The van der Waals surface area contributed by atoms with Crippen molar-refractivity contribution in [3.8, 4) is 0 Å². The van der Waals surface area contributed by atoms with Gasteiger partial charge in [-0.25, -0.2) is 4.39 Å². The SMILES string of the molecule is O=C(O)CCCCCCCCc1cccc(F)c1CCCCCCCCC(=O)O. The second kappa shape index (κ2) is 15.9. The summed E-state index contributed by atoms with van der Waals surface area (Å²) in [7, 11) is 0. The van der Waals surface area contributed by atoms with Crippen LogP contribution in [-0.4, -0.2) is 22.2 Å². The van der Waals surface area contributed by atoms with Crippen molar-refractivity contribution < 1.29 is 24.2 Å². The number of unbranched alkanes of at least 4 members (excludes halogenated alkanes) is 10. The number of rotatable bonds is 18. The van der Waals surface area contributed by atoms with Crippen LogP contribution in [-0.2, 0) is 22.4 Å². The Bertz CT molecular complexity index is 601. The van der Waals surface area contributed by atoms with Gasteiger partial charge in [-0.3, -0.25) is 9.59 Å². The van der Waals surface area contributed by atoms with Gasteiger partial charge in [-0.2, -0.15) is 0 Å². The van der Waals surface area contributed by atoms with E-state index in [9.17, 15) is 14.0 Å². The first kappa shape index (κ1) is 25.1. The minimum atomic E-state index is -0.727. The number of benzene rings is 1. The van der Waals surface area contributed by atoms with E-state index in [1.54, 1.807) is 12.1 Å². The summed E-state index contributed by atoms with van der Waals surface area (Å²) in [5.41, 5.74) is 1.98. The molecule has 29 heavy (non-hydrogen) atoms. The first-order valence-corrected chi connectivity index (χ1v) is 11.2. The number of halogens is 1. The van der Waals surface area contributed by atoms with E-state index in [2.05, 4.69) is 0 Å². The molecule has 0 spiro atoms.